The number of hydrogen-bond acceptors (Lipinski definition) is 3. The molecule has 2 atom stereocenters. The first-order valence-corrected chi connectivity index (χ1v) is 4.22. The SMILES string of the molecule is CC1CN(CCC(=O)O)CC1O. The second-order valence-electron chi connectivity index (χ2n) is 3.45. The maximum absolute atomic E-state index is 10.2. The third kappa shape index (κ3) is 2.46. The van der Waals surface area contributed by atoms with E-state index in [-0.39, 0.29) is 18.4 Å². The third-order valence-corrected chi connectivity index (χ3v) is 2.29. The minimum absolute atomic E-state index is 0.166. The molecule has 0 aromatic heterocycles. The van der Waals surface area contributed by atoms with E-state index in [1.165, 1.54) is 0 Å². The highest BCUT2D eigenvalue weighted by atomic mass is 16.4. The zero-order valence-electron chi connectivity index (χ0n) is 7.23. The van der Waals surface area contributed by atoms with Crippen LogP contribution >= 0.6 is 0 Å². The zero-order valence-corrected chi connectivity index (χ0v) is 7.23. The Morgan fingerprint density at radius 2 is 2.25 bits per heavy atom. The van der Waals surface area contributed by atoms with E-state index in [9.17, 15) is 9.90 Å². The van der Waals surface area contributed by atoms with E-state index in [0.29, 0.717) is 13.1 Å². The topological polar surface area (TPSA) is 60.8 Å². The van der Waals surface area contributed by atoms with Gasteiger partial charge in [-0.15, -0.1) is 0 Å². The van der Waals surface area contributed by atoms with Crippen molar-refractivity contribution in [3.63, 3.8) is 0 Å². The molecule has 4 heteroatoms. The van der Waals surface area contributed by atoms with Gasteiger partial charge in [-0.25, -0.2) is 0 Å². The van der Waals surface area contributed by atoms with Gasteiger partial charge in [0.15, 0.2) is 0 Å². The lowest BCUT2D eigenvalue weighted by Crippen LogP contribution is -2.24. The number of hydrogen-bond donors (Lipinski definition) is 2. The average Bonchev–Trinajstić information content (AvgIpc) is 2.28. The van der Waals surface area contributed by atoms with Crippen LogP contribution in [0, 0.1) is 5.92 Å². The lowest BCUT2D eigenvalue weighted by atomic mass is 10.1. The highest BCUT2D eigenvalue weighted by Gasteiger charge is 2.27. The fourth-order valence-corrected chi connectivity index (χ4v) is 1.48. The normalized spacial score (nSPS) is 30.8. The van der Waals surface area contributed by atoms with Gasteiger partial charge in [-0.2, -0.15) is 0 Å². The van der Waals surface area contributed by atoms with Crippen LogP contribution in [0.3, 0.4) is 0 Å². The molecular formula is C8H15NO3. The molecule has 2 N–H and O–H groups in total. The van der Waals surface area contributed by atoms with Gasteiger partial charge in [0.2, 0.25) is 0 Å². The summed E-state index contributed by atoms with van der Waals surface area (Å²) in [7, 11) is 0. The van der Waals surface area contributed by atoms with Crippen molar-refractivity contribution in [2.75, 3.05) is 19.6 Å². The van der Waals surface area contributed by atoms with Gasteiger partial charge in [-0.05, 0) is 5.92 Å². The zero-order chi connectivity index (χ0) is 9.14. The van der Waals surface area contributed by atoms with Crippen LogP contribution in [0.4, 0.5) is 0 Å². The molecule has 1 fully saturated rings. The molecule has 0 spiro atoms. The molecule has 1 saturated heterocycles. The molecule has 0 saturated carbocycles. The summed E-state index contributed by atoms with van der Waals surface area (Å²) in [6, 6.07) is 0. The number of aliphatic hydroxyl groups excluding tert-OH is 1. The van der Waals surface area contributed by atoms with Crippen LogP contribution in [-0.4, -0.2) is 46.8 Å². The first-order valence-electron chi connectivity index (χ1n) is 4.22. The minimum Gasteiger partial charge on any atom is -0.481 e. The van der Waals surface area contributed by atoms with Crippen LogP contribution in [-0.2, 0) is 4.79 Å². The van der Waals surface area contributed by atoms with E-state index >= 15 is 0 Å². The molecule has 1 heterocycles. The number of likely N-dealkylation sites (tertiary alicyclic amines) is 1. The fraction of sp³-hybridized carbons (Fsp3) is 0.875. The van der Waals surface area contributed by atoms with Crippen LogP contribution < -0.4 is 0 Å². The van der Waals surface area contributed by atoms with Crippen molar-refractivity contribution >= 4 is 5.97 Å². The molecular weight excluding hydrogens is 158 g/mol. The maximum atomic E-state index is 10.2. The number of nitrogens with zero attached hydrogens (tertiary/aromatic N) is 1. The molecule has 1 aliphatic heterocycles. The fourth-order valence-electron chi connectivity index (χ4n) is 1.48. The standard InChI is InChI=1S/C8H15NO3/c1-6-4-9(5-7(6)10)3-2-8(11)12/h6-7,10H,2-5H2,1H3,(H,11,12). The average molecular weight is 173 g/mol. The van der Waals surface area contributed by atoms with Gasteiger partial charge in [0.1, 0.15) is 0 Å². The smallest absolute Gasteiger partial charge is 0.304 e. The van der Waals surface area contributed by atoms with Crippen molar-refractivity contribution in [1.82, 2.24) is 4.90 Å². The van der Waals surface area contributed by atoms with Gasteiger partial charge < -0.3 is 10.2 Å². The van der Waals surface area contributed by atoms with Crippen molar-refractivity contribution < 1.29 is 15.0 Å². The van der Waals surface area contributed by atoms with E-state index in [2.05, 4.69) is 0 Å². The van der Waals surface area contributed by atoms with Crippen molar-refractivity contribution in [2.45, 2.75) is 19.4 Å². The molecule has 0 aromatic carbocycles. The first kappa shape index (κ1) is 9.48. The minimum atomic E-state index is -0.774. The van der Waals surface area contributed by atoms with Gasteiger partial charge in [-0.3, -0.25) is 9.69 Å². The van der Waals surface area contributed by atoms with Crippen molar-refractivity contribution in [1.29, 1.82) is 0 Å². The number of carboxylic acids is 1. The van der Waals surface area contributed by atoms with Gasteiger partial charge in [0.05, 0.1) is 12.5 Å². The van der Waals surface area contributed by atoms with E-state index in [4.69, 9.17) is 5.11 Å². The Bertz CT molecular complexity index is 162. The summed E-state index contributed by atoms with van der Waals surface area (Å²) in [6.45, 7) is 3.96. The quantitative estimate of drug-likeness (QED) is 0.619. The van der Waals surface area contributed by atoms with Gasteiger partial charge in [0, 0.05) is 19.6 Å². The Balaban J connectivity index is 2.23. The number of aliphatic carboxylic acids is 1. The molecule has 12 heavy (non-hydrogen) atoms. The monoisotopic (exact) mass is 173 g/mol. The second kappa shape index (κ2) is 3.87. The molecule has 0 aliphatic carbocycles. The van der Waals surface area contributed by atoms with E-state index in [0.717, 1.165) is 6.54 Å². The summed E-state index contributed by atoms with van der Waals surface area (Å²) < 4.78 is 0. The van der Waals surface area contributed by atoms with E-state index < -0.39 is 5.97 Å². The van der Waals surface area contributed by atoms with Crippen molar-refractivity contribution in [3.8, 4) is 0 Å². The highest BCUT2D eigenvalue weighted by molar-refractivity contribution is 5.66. The largest absolute Gasteiger partial charge is 0.481 e. The predicted molar refractivity (Wildman–Crippen MR) is 43.9 cm³/mol. The van der Waals surface area contributed by atoms with Gasteiger partial charge in [0.25, 0.3) is 0 Å². The Kier molecular flexibility index (Phi) is 3.05. The number of β-amino-alcohol motifs (C(OH)–C–C–N with tert-alkyl or cyclic N) is 1. The predicted octanol–water partition coefficient (Wildman–Crippen LogP) is -0.226. The van der Waals surface area contributed by atoms with Crippen LogP contribution in [0.5, 0.6) is 0 Å². The Morgan fingerprint density at radius 1 is 1.58 bits per heavy atom. The summed E-state index contributed by atoms with van der Waals surface area (Å²) in [5.74, 6) is -0.497. The number of aliphatic hydroxyl groups is 1. The molecule has 70 valence electrons. The summed E-state index contributed by atoms with van der Waals surface area (Å²) in [4.78, 5) is 12.2. The first-order chi connectivity index (χ1) is 5.59. The van der Waals surface area contributed by atoms with E-state index in [1.54, 1.807) is 0 Å². The Labute approximate surface area is 71.8 Å². The second-order valence-corrected chi connectivity index (χ2v) is 3.45. The van der Waals surface area contributed by atoms with Crippen LogP contribution in [0.1, 0.15) is 13.3 Å². The maximum Gasteiger partial charge on any atom is 0.304 e. The molecule has 0 amide bonds. The summed E-state index contributed by atoms with van der Waals surface area (Å²) in [5, 5.41) is 17.8. The molecule has 0 radical (unpaired) electrons. The molecule has 0 bridgehead atoms. The lowest BCUT2D eigenvalue weighted by Gasteiger charge is -2.12. The van der Waals surface area contributed by atoms with Crippen LogP contribution in [0.2, 0.25) is 0 Å². The Morgan fingerprint density at radius 3 is 2.67 bits per heavy atom. The number of rotatable bonds is 3. The van der Waals surface area contributed by atoms with Crippen molar-refractivity contribution in [3.05, 3.63) is 0 Å². The van der Waals surface area contributed by atoms with Crippen LogP contribution in [0.25, 0.3) is 0 Å². The van der Waals surface area contributed by atoms with Gasteiger partial charge in [-0.1, -0.05) is 6.92 Å². The van der Waals surface area contributed by atoms with Gasteiger partial charge >= 0.3 is 5.97 Å². The Hall–Kier alpha value is -0.610. The highest BCUT2D eigenvalue weighted by Crippen LogP contribution is 2.15. The third-order valence-electron chi connectivity index (χ3n) is 2.29. The number of carboxylic acid groups (broad SMARTS) is 1. The number of carbonyl (C=O) groups is 1. The molecule has 0 aromatic rings. The van der Waals surface area contributed by atoms with Crippen LogP contribution in [0.15, 0.2) is 0 Å². The lowest BCUT2D eigenvalue weighted by molar-refractivity contribution is -0.137. The molecule has 1 aliphatic rings. The summed E-state index contributed by atoms with van der Waals surface area (Å²) in [5.41, 5.74) is 0. The van der Waals surface area contributed by atoms with Crippen molar-refractivity contribution in [2.24, 2.45) is 5.92 Å². The summed E-state index contributed by atoms with van der Waals surface area (Å²) in [6.07, 6.45) is -0.113. The van der Waals surface area contributed by atoms with E-state index in [1.807, 2.05) is 11.8 Å². The molecule has 1 rings (SSSR count). The molecule has 4 nitrogen and oxygen atoms in total. The summed E-state index contributed by atoms with van der Waals surface area (Å²) >= 11 is 0. The molecule has 2 unspecified atom stereocenters.